The van der Waals surface area contributed by atoms with Gasteiger partial charge in [-0.25, -0.2) is 4.68 Å². The first-order chi connectivity index (χ1) is 6.38. The van der Waals surface area contributed by atoms with Crippen molar-refractivity contribution in [3.05, 3.63) is 11.9 Å². The molecule has 5 nitrogen and oxygen atoms in total. The topological polar surface area (TPSA) is 63.7 Å². The van der Waals surface area contributed by atoms with Gasteiger partial charge in [-0.05, 0) is 12.8 Å². The highest BCUT2D eigenvalue weighted by atomic mass is 16.5. The molecule has 1 aliphatic rings. The van der Waals surface area contributed by atoms with Crippen molar-refractivity contribution in [1.29, 1.82) is 5.26 Å². The maximum absolute atomic E-state index is 8.51. The Balaban J connectivity index is 1.97. The molecule has 2 heterocycles. The molecule has 2 rings (SSSR count). The summed E-state index contributed by atoms with van der Waals surface area (Å²) in [4.78, 5) is 0. The molecule has 1 saturated heterocycles. The zero-order chi connectivity index (χ0) is 9.10. The largest absolute Gasteiger partial charge is 0.376 e. The van der Waals surface area contributed by atoms with Crippen LogP contribution in [0.2, 0.25) is 0 Å². The van der Waals surface area contributed by atoms with E-state index in [-0.39, 0.29) is 6.10 Å². The van der Waals surface area contributed by atoms with Crippen molar-refractivity contribution in [1.82, 2.24) is 15.0 Å². The van der Waals surface area contributed by atoms with E-state index in [1.807, 2.05) is 6.07 Å². The molecule has 1 aliphatic heterocycles. The SMILES string of the molecule is N#Cc1cn(CC2CCCO2)nn1. The zero-order valence-corrected chi connectivity index (χ0v) is 7.18. The van der Waals surface area contributed by atoms with Crippen molar-refractivity contribution < 1.29 is 4.74 Å². The van der Waals surface area contributed by atoms with Gasteiger partial charge in [-0.15, -0.1) is 5.10 Å². The van der Waals surface area contributed by atoms with Crippen molar-refractivity contribution in [3.8, 4) is 6.07 Å². The molecule has 68 valence electrons. The summed E-state index contributed by atoms with van der Waals surface area (Å²) in [6.45, 7) is 1.54. The Kier molecular flexibility index (Phi) is 2.23. The summed E-state index contributed by atoms with van der Waals surface area (Å²) in [7, 11) is 0. The Morgan fingerprint density at radius 3 is 3.31 bits per heavy atom. The van der Waals surface area contributed by atoms with Crippen LogP contribution in [0.4, 0.5) is 0 Å². The van der Waals surface area contributed by atoms with Crippen molar-refractivity contribution in [2.24, 2.45) is 0 Å². The van der Waals surface area contributed by atoms with Gasteiger partial charge >= 0.3 is 0 Å². The van der Waals surface area contributed by atoms with E-state index in [2.05, 4.69) is 10.3 Å². The summed E-state index contributed by atoms with van der Waals surface area (Å²) in [6, 6.07) is 1.94. The first-order valence-corrected chi connectivity index (χ1v) is 4.30. The fraction of sp³-hybridized carbons (Fsp3) is 0.625. The number of aromatic nitrogens is 3. The number of nitrogens with zero attached hydrogens (tertiary/aromatic N) is 4. The van der Waals surface area contributed by atoms with Gasteiger partial charge in [0.1, 0.15) is 6.07 Å². The summed E-state index contributed by atoms with van der Waals surface area (Å²) in [6.07, 6.45) is 4.07. The second kappa shape index (κ2) is 3.54. The molecule has 0 N–H and O–H groups in total. The van der Waals surface area contributed by atoms with E-state index in [0.29, 0.717) is 12.2 Å². The lowest BCUT2D eigenvalue weighted by Gasteiger charge is -2.07. The molecule has 0 aliphatic carbocycles. The summed E-state index contributed by atoms with van der Waals surface area (Å²) < 4.78 is 7.09. The van der Waals surface area contributed by atoms with Crippen LogP contribution in [0.1, 0.15) is 18.5 Å². The van der Waals surface area contributed by atoms with Crippen LogP contribution in [0, 0.1) is 11.3 Å². The Morgan fingerprint density at radius 1 is 1.77 bits per heavy atom. The molecule has 0 radical (unpaired) electrons. The number of ether oxygens (including phenoxy) is 1. The van der Waals surface area contributed by atoms with Crippen LogP contribution in [-0.2, 0) is 11.3 Å². The average molecular weight is 178 g/mol. The molecule has 0 spiro atoms. The highest BCUT2D eigenvalue weighted by Gasteiger charge is 2.16. The van der Waals surface area contributed by atoms with Gasteiger partial charge < -0.3 is 4.74 Å². The summed E-state index contributed by atoms with van der Waals surface area (Å²) in [5.74, 6) is 0. The number of hydrogen-bond donors (Lipinski definition) is 0. The van der Waals surface area contributed by atoms with Crippen LogP contribution in [-0.4, -0.2) is 27.7 Å². The predicted molar refractivity (Wildman–Crippen MR) is 43.7 cm³/mol. The Labute approximate surface area is 75.9 Å². The third kappa shape index (κ3) is 1.84. The fourth-order valence-corrected chi connectivity index (χ4v) is 1.44. The molecular formula is C8H10N4O. The molecule has 1 atom stereocenters. The van der Waals surface area contributed by atoms with E-state index in [4.69, 9.17) is 10.00 Å². The Hall–Kier alpha value is -1.41. The van der Waals surface area contributed by atoms with Gasteiger partial charge in [0, 0.05) is 6.61 Å². The summed E-state index contributed by atoms with van der Waals surface area (Å²) in [5.41, 5.74) is 0.359. The van der Waals surface area contributed by atoms with Gasteiger partial charge in [0.05, 0.1) is 18.8 Å². The maximum atomic E-state index is 8.51. The number of nitriles is 1. The summed E-state index contributed by atoms with van der Waals surface area (Å²) in [5, 5.41) is 16.0. The molecule has 0 amide bonds. The van der Waals surface area contributed by atoms with Gasteiger partial charge in [0.25, 0.3) is 0 Å². The molecule has 1 aromatic rings. The molecule has 5 heteroatoms. The Bertz CT molecular complexity index is 321. The zero-order valence-electron chi connectivity index (χ0n) is 7.18. The highest BCUT2D eigenvalue weighted by molar-refractivity contribution is 5.13. The smallest absolute Gasteiger partial charge is 0.182 e. The minimum atomic E-state index is 0.244. The van der Waals surface area contributed by atoms with E-state index < -0.39 is 0 Å². The molecule has 0 saturated carbocycles. The average Bonchev–Trinajstić information content (AvgIpc) is 2.76. The van der Waals surface area contributed by atoms with Crippen molar-refractivity contribution in [3.63, 3.8) is 0 Å². The molecular weight excluding hydrogens is 168 g/mol. The monoisotopic (exact) mass is 178 g/mol. The van der Waals surface area contributed by atoms with Gasteiger partial charge in [0.15, 0.2) is 5.69 Å². The first-order valence-electron chi connectivity index (χ1n) is 4.30. The van der Waals surface area contributed by atoms with Crippen molar-refractivity contribution >= 4 is 0 Å². The highest BCUT2D eigenvalue weighted by Crippen LogP contribution is 2.13. The van der Waals surface area contributed by atoms with Gasteiger partial charge in [-0.1, -0.05) is 5.21 Å². The first kappa shape index (κ1) is 8.20. The number of hydrogen-bond acceptors (Lipinski definition) is 4. The quantitative estimate of drug-likeness (QED) is 0.654. The predicted octanol–water partition coefficient (Wildman–Crippen LogP) is 0.329. The molecule has 13 heavy (non-hydrogen) atoms. The standard InChI is InChI=1S/C8H10N4O/c9-4-7-5-12(11-10-7)6-8-2-1-3-13-8/h5,8H,1-3,6H2. The van der Waals surface area contributed by atoms with E-state index >= 15 is 0 Å². The van der Waals surface area contributed by atoms with E-state index in [1.165, 1.54) is 0 Å². The lowest BCUT2D eigenvalue weighted by molar-refractivity contribution is 0.0935. The fourth-order valence-electron chi connectivity index (χ4n) is 1.44. The molecule has 1 fully saturated rings. The second-order valence-electron chi connectivity index (χ2n) is 3.07. The maximum Gasteiger partial charge on any atom is 0.182 e. The second-order valence-corrected chi connectivity index (χ2v) is 3.07. The molecule has 1 aromatic heterocycles. The molecule has 0 aromatic carbocycles. The van der Waals surface area contributed by atoms with E-state index in [1.54, 1.807) is 10.9 Å². The van der Waals surface area contributed by atoms with Crippen LogP contribution in [0.5, 0.6) is 0 Å². The lowest BCUT2D eigenvalue weighted by Crippen LogP contribution is -2.15. The van der Waals surface area contributed by atoms with Crippen LogP contribution in [0.25, 0.3) is 0 Å². The van der Waals surface area contributed by atoms with Crippen LogP contribution in [0.15, 0.2) is 6.20 Å². The van der Waals surface area contributed by atoms with E-state index in [0.717, 1.165) is 19.4 Å². The van der Waals surface area contributed by atoms with Gasteiger partial charge in [-0.3, -0.25) is 0 Å². The molecule has 0 bridgehead atoms. The van der Waals surface area contributed by atoms with E-state index in [9.17, 15) is 0 Å². The third-order valence-electron chi connectivity index (χ3n) is 2.07. The van der Waals surface area contributed by atoms with Crippen molar-refractivity contribution in [2.45, 2.75) is 25.5 Å². The minimum Gasteiger partial charge on any atom is -0.376 e. The minimum absolute atomic E-state index is 0.244. The van der Waals surface area contributed by atoms with Gasteiger partial charge in [-0.2, -0.15) is 5.26 Å². The van der Waals surface area contributed by atoms with Crippen LogP contribution in [0.3, 0.4) is 0 Å². The van der Waals surface area contributed by atoms with Crippen LogP contribution < -0.4 is 0 Å². The third-order valence-corrected chi connectivity index (χ3v) is 2.07. The van der Waals surface area contributed by atoms with Crippen LogP contribution >= 0.6 is 0 Å². The van der Waals surface area contributed by atoms with Gasteiger partial charge in [0.2, 0.25) is 0 Å². The lowest BCUT2D eigenvalue weighted by atomic mass is 10.2. The van der Waals surface area contributed by atoms with Crippen molar-refractivity contribution in [2.75, 3.05) is 6.61 Å². The normalized spacial score (nSPS) is 21.6. The Morgan fingerprint density at radius 2 is 2.69 bits per heavy atom. The summed E-state index contributed by atoms with van der Waals surface area (Å²) >= 11 is 0. The number of rotatable bonds is 2. The molecule has 1 unspecified atom stereocenters.